The summed E-state index contributed by atoms with van der Waals surface area (Å²) in [5.74, 6) is 1.76. The molecule has 110 valence electrons. The lowest BCUT2D eigenvalue weighted by Crippen LogP contribution is -2.53. The van der Waals surface area contributed by atoms with Gasteiger partial charge in [-0.05, 0) is 20.2 Å². The molecule has 0 amide bonds. The lowest BCUT2D eigenvalue weighted by molar-refractivity contribution is 0.113. The van der Waals surface area contributed by atoms with Gasteiger partial charge >= 0.3 is 0 Å². The fourth-order valence-corrected chi connectivity index (χ4v) is 2.83. The van der Waals surface area contributed by atoms with Gasteiger partial charge in [-0.3, -0.25) is 4.90 Å². The molecule has 2 heterocycles. The summed E-state index contributed by atoms with van der Waals surface area (Å²) < 4.78 is 10.9. The van der Waals surface area contributed by atoms with Crippen molar-refractivity contribution in [3.8, 4) is 11.5 Å². The second-order valence-electron chi connectivity index (χ2n) is 5.68. The molecule has 0 aromatic heterocycles. The molecule has 2 aliphatic heterocycles. The fraction of sp³-hybridized carbons (Fsp3) is 0.600. The minimum atomic E-state index is 0.336. The Morgan fingerprint density at radius 1 is 1.25 bits per heavy atom. The molecule has 0 aliphatic carbocycles. The number of ether oxygens (including phenoxy) is 2. The van der Waals surface area contributed by atoms with Gasteiger partial charge in [0.15, 0.2) is 11.5 Å². The van der Waals surface area contributed by atoms with E-state index in [0.29, 0.717) is 12.8 Å². The van der Waals surface area contributed by atoms with E-state index in [9.17, 15) is 0 Å². The van der Waals surface area contributed by atoms with Crippen LogP contribution in [0, 0.1) is 0 Å². The highest BCUT2D eigenvalue weighted by Crippen LogP contribution is 2.35. The van der Waals surface area contributed by atoms with Crippen molar-refractivity contribution in [1.29, 1.82) is 0 Å². The van der Waals surface area contributed by atoms with Crippen molar-refractivity contribution in [2.45, 2.75) is 12.6 Å². The molecule has 1 N–H and O–H groups in total. The van der Waals surface area contributed by atoms with Crippen molar-refractivity contribution in [3.05, 3.63) is 23.8 Å². The van der Waals surface area contributed by atoms with Gasteiger partial charge in [0.05, 0.1) is 0 Å². The lowest BCUT2D eigenvalue weighted by Gasteiger charge is -2.37. The number of piperazine rings is 1. The van der Waals surface area contributed by atoms with Crippen molar-refractivity contribution < 1.29 is 9.47 Å². The van der Waals surface area contributed by atoms with Crippen molar-refractivity contribution in [2.24, 2.45) is 0 Å². The Morgan fingerprint density at radius 2 is 2.15 bits per heavy atom. The Labute approximate surface area is 120 Å². The van der Waals surface area contributed by atoms with E-state index in [1.54, 1.807) is 0 Å². The van der Waals surface area contributed by atoms with E-state index in [4.69, 9.17) is 9.47 Å². The third kappa shape index (κ3) is 2.90. The second kappa shape index (κ2) is 5.99. The largest absolute Gasteiger partial charge is 0.454 e. The molecule has 1 aromatic carbocycles. The molecule has 2 aliphatic rings. The lowest BCUT2D eigenvalue weighted by atomic mass is 10.1. The number of para-hydroxylation sites is 1. The van der Waals surface area contributed by atoms with Crippen molar-refractivity contribution in [1.82, 2.24) is 15.1 Å². The van der Waals surface area contributed by atoms with E-state index in [-0.39, 0.29) is 0 Å². The average molecular weight is 277 g/mol. The molecule has 5 nitrogen and oxygen atoms in total. The number of benzene rings is 1. The minimum absolute atomic E-state index is 0.336. The van der Waals surface area contributed by atoms with Gasteiger partial charge in [-0.15, -0.1) is 0 Å². The van der Waals surface area contributed by atoms with Crippen LogP contribution < -0.4 is 14.8 Å². The van der Waals surface area contributed by atoms with Crippen LogP contribution in [0.1, 0.15) is 5.56 Å². The fourth-order valence-electron chi connectivity index (χ4n) is 2.83. The second-order valence-corrected chi connectivity index (χ2v) is 5.68. The summed E-state index contributed by atoms with van der Waals surface area (Å²) in [5.41, 5.74) is 1.17. The van der Waals surface area contributed by atoms with Gasteiger partial charge in [0.1, 0.15) is 0 Å². The van der Waals surface area contributed by atoms with Crippen LogP contribution in [0.3, 0.4) is 0 Å². The SMILES string of the molecule is CN1CCN(C)C(CNCc2cccc3c2OCO3)C1. The number of hydrogen-bond acceptors (Lipinski definition) is 5. The predicted octanol–water partition coefficient (Wildman–Crippen LogP) is 0.751. The first-order valence-corrected chi connectivity index (χ1v) is 7.21. The van der Waals surface area contributed by atoms with Gasteiger partial charge in [-0.2, -0.15) is 0 Å². The van der Waals surface area contributed by atoms with Crippen LogP contribution in [0.2, 0.25) is 0 Å². The molecule has 1 saturated heterocycles. The van der Waals surface area contributed by atoms with Gasteiger partial charge in [-0.1, -0.05) is 12.1 Å². The smallest absolute Gasteiger partial charge is 0.231 e. The number of nitrogens with zero attached hydrogens (tertiary/aromatic N) is 2. The quantitative estimate of drug-likeness (QED) is 0.879. The molecule has 1 atom stereocenters. The van der Waals surface area contributed by atoms with E-state index >= 15 is 0 Å². The number of likely N-dealkylation sites (N-methyl/N-ethyl adjacent to an activating group) is 2. The number of nitrogens with one attached hydrogen (secondary N) is 1. The summed E-state index contributed by atoms with van der Waals surface area (Å²) in [4.78, 5) is 4.82. The maximum atomic E-state index is 5.53. The molecule has 3 rings (SSSR count). The topological polar surface area (TPSA) is 37.0 Å². The van der Waals surface area contributed by atoms with E-state index in [1.165, 1.54) is 5.56 Å². The average Bonchev–Trinajstić information content (AvgIpc) is 2.92. The molecule has 1 unspecified atom stereocenters. The first-order valence-electron chi connectivity index (χ1n) is 7.21. The molecule has 1 aromatic rings. The molecular formula is C15H23N3O2. The van der Waals surface area contributed by atoms with E-state index < -0.39 is 0 Å². The predicted molar refractivity (Wildman–Crippen MR) is 78.2 cm³/mol. The monoisotopic (exact) mass is 277 g/mol. The maximum absolute atomic E-state index is 5.53. The van der Waals surface area contributed by atoms with Crippen molar-refractivity contribution in [3.63, 3.8) is 0 Å². The van der Waals surface area contributed by atoms with Crippen LogP contribution in [0.4, 0.5) is 0 Å². The van der Waals surface area contributed by atoms with Gasteiger partial charge < -0.3 is 19.7 Å². The Hall–Kier alpha value is -1.30. The Morgan fingerprint density at radius 3 is 3.05 bits per heavy atom. The molecule has 5 heteroatoms. The first-order chi connectivity index (χ1) is 9.74. The number of hydrogen-bond donors (Lipinski definition) is 1. The molecule has 0 bridgehead atoms. The Bertz CT molecular complexity index is 466. The highest BCUT2D eigenvalue weighted by molar-refractivity contribution is 5.48. The number of fused-ring (bicyclic) bond motifs is 1. The van der Waals surface area contributed by atoms with Crippen LogP contribution in [0.5, 0.6) is 11.5 Å². The summed E-state index contributed by atoms with van der Waals surface area (Å²) in [6, 6.07) is 6.64. The highest BCUT2D eigenvalue weighted by atomic mass is 16.7. The van der Waals surface area contributed by atoms with E-state index in [1.807, 2.05) is 12.1 Å². The van der Waals surface area contributed by atoms with E-state index in [0.717, 1.165) is 44.2 Å². The third-order valence-corrected chi connectivity index (χ3v) is 4.15. The summed E-state index contributed by atoms with van der Waals surface area (Å²) in [5, 5.41) is 3.55. The van der Waals surface area contributed by atoms with Gasteiger partial charge in [0.25, 0.3) is 0 Å². The van der Waals surface area contributed by atoms with Crippen molar-refractivity contribution in [2.75, 3.05) is 47.1 Å². The van der Waals surface area contributed by atoms with Crippen LogP contribution in [0.15, 0.2) is 18.2 Å². The van der Waals surface area contributed by atoms with Crippen LogP contribution in [0.25, 0.3) is 0 Å². The van der Waals surface area contributed by atoms with Crippen LogP contribution >= 0.6 is 0 Å². The molecule has 0 saturated carbocycles. The zero-order chi connectivity index (χ0) is 13.9. The van der Waals surface area contributed by atoms with Crippen LogP contribution in [-0.2, 0) is 6.54 Å². The molecule has 1 fully saturated rings. The Kier molecular flexibility index (Phi) is 4.10. The zero-order valence-electron chi connectivity index (χ0n) is 12.3. The summed E-state index contributed by atoms with van der Waals surface area (Å²) >= 11 is 0. The third-order valence-electron chi connectivity index (χ3n) is 4.15. The van der Waals surface area contributed by atoms with Gasteiger partial charge in [0.2, 0.25) is 6.79 Å². The van der Waals surface area contributed by atoms with Crippen LogP contribution in [-0.4, -0.2) is 62.9 Å². The number of rotatable bonds is 4. The van der Waals surface area contributed by atoms with E-state index in [2.05, 4.69) is 35.3 Å². The summed E-state index contributed by atoms with van der Waals surface area (Å²) in [6.07, 6.45) is 0. The standard InChI is InChI=1S/C15H23N3O2/c1-17-6-7-18(2)13(10-17)9-16-8-12-4-3-5-14-15(12)20-11-19-14/h3-5,13,16H,6-11H2,1-2H3. The van der Waals surface area contributed by atoms with Gasteiger partial charge in [-0.25, -0.2) is 0 Å². The first kappa shape index (κ1) is 13.7. The molecular weight excluding hydrogens is 254 g/mol. The maximum Gasteiger partial charge on any atom is 0.231 e. The molecule has 0 radical (unpaired) electrons. The normalized spacial score (nSPS) is 23.2. The minimum Gasteiger partial charge on any atom is -0.454 e. The van der Waals surface area contributed by atoms with Crippen molar-refractivity contribution >= 4 is 0 Å². The summed E-state index contributed by atoms with van der Waals surface area (Å²) in [6.45, 7) is 5.56. The zero-order valence-corrected chi connectivity index (χ0v) is 12.3. The summed E-state index contributed by atoms with van der Waals surface area (Å²) in [7, 11) is 4.39. The highest BCUT2D eigenvalue weighted by Gasteiger charge is 2.22. The Balaban J connectivity index is 1.54. The molecule has 20 heavy (non-hydrogen) atoms. The van der Waals surface area contributed by atoms with Gasteiger partial charge in [0, 0.05) is 44.3 Å². The molecule has 0 spiro atoms.